The Bertz CT molecular complexity index is 942. The number of phenols is 1. The van der Waals surface area contributed by atoms with Gasteiger partial charge in [0.2, 0.25) is 5.91 Å². The lowest BCUT2D eigenvalue weighted by Gasteiger charge is -2.31. The molecule has 1 aliphatic heterocycles. The number of amides is 1. The zero-order chi connectivity index (χ0) is 22.7. The molecule has 32 heavy (non-hydrogen) atoms. The molecule has 0 bridgehead atoms. The van der Waals surface area contributed by atoms with Crippen LogP contribution in [0.1, 0.15) is 49.4 Å². The van der Waals surface area contributed by atoms with Crippen molar-refractivity contribution in [2.45, 2.75) is 64.6 Å². The second-order valence-electron chi connectivity index (χ2n) is 8.57. The molecule has 2 heterocycles. The van der Waals surface area contributed by atoms with E-state index in [0.717, 1.165) is 56.3 Å². The number of hydrogen-bond donors (Lipinski definition) is 1. The van der Waals surface area contributed by atoms with E-state index in [0.29, 0.717) is 23.1 Å². The average Bonchev–Trinajstić information content (AvgIpc) is 3.32. The molecule has 1 aromatic heterocycles. The number of carbonyl (C=O) groups excluding carboxylic acids is 1. The van der Waals surface area contributed by atoms with Gasteiger partial charge in [0.05, 0.1) is 12.3 Å². The summed E-state index contributed by atoms with van der Waals surface area (Å²) in [5.74, 6) is 0.0330. The summed E-state index contributed by atoms with van der Waals surface area (Å²) >= 11 is 12.5. The molecule has 9 heteroatoms. The first-order chi connectivity index (χ1) is 15.5. The lowest BCUT2D eigenvalue weighted by Crippen LogP contribution is -2.41. The van der Waals surface area contributed by atoms with Gasteiger partial charge >= 0.3 is 0 Å². The monoisotopic (exact) mass is 481 g/mol. The maximum Gasteiger partial charge on any atom is 0.226 e. The Hall–Kier alpha value is -1.80. The number of unbranched alkanes of at least 4 members (excludes halogenated alkanes) is 1. The normalized spacial score (nSPS) is 20.7. The largest absolute Gasteiger partial charge is 0.508 e. The fraction of sp³-hybridized carbons (Fsp3) is 0.565. The zero-order valence-electron chi connectivity index (χ0n) is 18.2. The molecule has 2 aliphatic rings. The van der Waals surface area contributed by atoms with Gasteiger partial charge in [-0.15, -0.1) is 0 Å². The fourth-order valence-electron chi connectivity index (χ4n) is 4.57. The minimum Gasteiger partial charge on any atom is -0.508 e. The van der Waals surface area contributed by atoms with Gasteiger partial charge in [0, 0.05) is 34.7 Å². The summed E-state index contributed by atoms with van der Waals surface area (Å²) in [7, 11) is 0. The summed E-state index contributed by atoms with van der Waals surface area (Å²) in [6.45, 7) is 3.68. The lowest BCUT2D eigenvalue weighted by molar-refractivity contribution is -0.318. The smallest absolute Gasteiger partial charge is 0.226 e. The first kappa shape index (κ1) is 23.4. The molecule has 0 saturated carbocycles. The van der Waals surface area contributed by atoms with Crippen LogP contribution in [0.15, 0.2) is 18.3 Å². The molecule has 1 N–H and O–H groups in total. The van der Waals surface area contributed by atoms with Gasteiger partial charge < -0.3 is 10.0 Å². The van der Waals surface area contributed by atoms with Gasteiger partial charge in [0.1, 0.15) is 5.75 Å². The lowest BCUT2D eigenvalue weighted by atomic mass is 9.92. The Morgan fingerprint density at radius 1 is 1.22 bits per heavy atom. The number of benzene rings is 1. The van der Waals surface area contributed by atoms with Crippen molar-refractivity contribution in [2.75, 3.05) is 13.2 Å². The van der Waals surface area contributed by atoms with Crippen molar-refractivity contribution in [3.63, 3.8) is 0 Å². The molecule has 2 atom stereocenters. The van der Waals surface area contributed by atoms with Crippen molar-refractivity contribution < 1.29 is 19.7 Å². The Kier molecular flexibility index (Phi) is 7.61. The highest BCUT2D eigenvalue weighted by Gasteiger charge is 2.38. The maximum absolute atomic E-state index is 13.2. The summed E-state index contributed by atoms with van der Waals surface area (Å²) < 4.78 is 1.77. The second-order valence-corrected chi connectivity index (χ2v) is 9.38. The van der Waals surface area contributed by atoms with Crippen molar-refractivity contribution in [3.8, 4) is 5.75 Å². The van der Waals surface area contributed by atoms with Crippen LogP contribution in [-0.4, -0.2) is 44.9 Å². The van der Waals surface area contributed by atoms with Crippen LogP contribution in [0.25, 0.3) is 0 Å². The Morgan fingerprint density at radius 3 is 2.75 bits per heavy atom. The van der Waals surface area contributed by atoms with Crippen LogP contribution in [0.4, 0.5) is 0 Å². The van der Waals surface area contributed by atoms with Crippen LogP contribution in [0.3, 0.4) is 0 Å². The number of aromatic hydroxyl groups is 1. The number of phenolic OH excluding ortho intramolecular Hbond substituents is 1. The SMILES string of the molecule is CCCCOOCn1cc2c(n1)CCC(N1CC[C@@H](Cc3c(Cl)cc(O)cc3Cl)C1=O)C2. The van der Waals surface area contributed by atoms with Crippen LogP contribution in [0.2, 0.25) is 10.0 Å². The highest BCUT2D eigenvalue weighted by molar-refractivity contribution is 6.36. The summed E-state index contributed by atoms with van der Waals surface area (Å²) in [6.07, 6.45) is 7.82. The molecule has 1 unspecified atom stereocenters. The summed E-state index contributed by atoms with van der Waals surface area (Å²) in [4.78, 5) is 25.6. The van der Waals surface area contributed by atoms with Crippen molar-refractivity contribution in [1.82, 2.24) is 14.7 Å². The Morgan fingerprint density at radius 2 is 2.00 bits per heavy atom. The minimum absolute atomic E-state index is 0.0274. The van der Waals surface area contributed by atoms with E-state index in [4.69, 9.17) is 33.0 Å². The highest BCUT2D eigenvalue weighted by atomic mass is 35.5. The molecule has 1 aliphatic carbocycles. The van der Waals surface area contributed by atoms with Gasteiger partial charge in [-0.2, -0.15) is 5.10 Å². The van der Waals surface area contributed by atoms with E-state index < -0.39 is 0 Å². The second kappa shape index (κ2) is 10.4. The Balaban J connectivity index is 1.34. The third-order valence-corrected chi connectivity index (χ3v) is 6.99. The molecule has 0 spiro atoms. The van der Waals surface area contributed by atoms with Gasteiger partial charge in [0.25, 0.3) is 0 Å². The number of nitrogens with zero attached hydrogens (tertiary/aromatic N) is 3. The number of carbonyl (C=O) groups is 1. The van der Waals surface area contributed by atoms with Gasteiger partial charge in [-0.05, 0) is 61.8 Å². The molecule has 0 radical (unpaired) electrons. The number of aryl methyl sites for hydroxylation is 1. The van der Waals surface area contributed by atoms with Crippen molar-refractivity contribution >= 4 is 29.1 Å². The molecule has 2 aromatic rings. The highest BCUT2D eigenvalue weighted by Crippen LogP contribution is 2.35. The zero-order valence-corrected chi connectivity index (χ0v) is 19.7. The van der Waals surface area contributed by atoms with Gasteiger partial charge in [0.15, 0.2) is 6.73 Å². The van der Waals surface area contributed by atoms with Crippen molar-refractivity contribution in [3.05, 3.63) is 45.2 Å². The average molecular weight is 482 g/mol. The van der Waals surface area contributed by atoms with E-state index in [-0.39, 0.29) is 30.3 Å². The quantitative estimate of drug-likeness (QED) is 0.323. The number of fused-ring (bicyclic) bond motifs is 1. The standard InChI is InChI=1S/C23H29Cl2N3O4/c1-2-3-8-31-32-14-27-13-16-9-17(4-5-22(16)26-27)28-7-6-15(23(28)30)10-19-20(24)11-18(29)12-21(19)25/h11-13,15,17,29H,2-10,14H2,1H3/t15-,17?/m0/s1. The molecule has 1 amide bonds. The molecule has 1 saturated heterocycles. The molecular weight excluding hydrogens is 453 g/mol. The number of halogens is 2. The predicted octanol–water partition coefficient (Wildman–Crippen LogP) is 4.55. The predicted molar refractivity (Wildman–Crippen MR) is 122 cm³/mol. The van der Waals surface area contributed by atoms with Gasteiger partial charge in [-0.1, -0.05) is 36.5 Å². The number of hydrogen-bond acceptors (Lipinski definition) is 5. The first-order valence-corrected chi connectivity index (χ1v) is 12.0. The van der Waals surface area contributed by atoms with Crippen LogP contribution >= 0.6 is 23.2 Å². The van der Waals surface area contributed by atoms with E-state index in [1.807, 2.05) is 11.1 Å². The number of rotatable bonds is 9. The summed E-state index contributed by atoms with van der Waals surface area (Å²) in [5, 5.41) is 15.0. The molecule has 1 aromatic carbocycles. The van der Waals surface area contributed by atoms with E-state index in [2.05, 4.69) is 12.0 Å². The van der Waals surface area contributed by atoms with E-state index in [1.165, 1.54) is 17.7 Å². The van der Waals surface area contributed by atoms with Crippen LogP contribution in [0, 0.1) is 5.92 Å². The van der Waals surface area contributed by atoms with Crippen LogP contribution < -0.4 is 0 Å². The van der Waals surface area contributed by atoms with E-state index >= 15 is 0 Å². The summed E-state index contributed by atoms with van der Waals surface area (Å²) in [5.41, 5.74) is 2.96. The first-order valence-electron chi connectivity index (χ1n) is 11.2. The summed E-state index contributed by atoms with van der Waals surface area (Å²) in [6, 6.07) is 3.11. The fourth-order valence-corrected chi connectivity index (χ4v) is 5.20. The van der Waals surface area contributed by atoms with Gasteiger partial charge in [-0.25, -0.2) is 14.5 Å². The van der Waals surface area contributed by atoms with Crippen molar-refractivity contribution in [1.29, 1.82) is 0 Å². The van der Waals surface area contributed by atoms with E-state index in [9.17, 15) is 9.90 Å². The molecule has 7 nitrogen and oxygen atoms in total. The molecular formula is C23H29Cl2N3O4. The molecule has 174 valence electrons. The minimum atomic E-state index is -0.146. The third kappa shape index (κ3) is 5.22. The molecule has 1 fully saturated rings. The number of likely N-dealkylation sites (tertiary alicyclic amines) is 1. The number of aromatic nitrogens is 2. The topological polar surface area (TPSA) is 76.8 Å². The van der Waals surface area contributed by atoms with E-state index in [1.54, 1.807) is 4.68 Å². The third-order valence-electron chi connectivity index (χ3n) is 6.31. The van der Waals surface area contributed by atoms with Crippen molar-refractivity contribution in [2.24, 2.45) is 5.92 Å². The molecule has 4 rings (SSSR count). The van der Waals surface area contributed by atoms with Crippen LogP contribution in [0.5, 0.6) is 5.75 Å². The Labute approximate surface area is 198 Å². The maximum atomic E-state index is 13.2. The van der Waals surface area contributed by atoms with Crippen LogP contribution in [-0.2, 0) is 40.6 Å². The van der Waals surface area contributed by atoms with Gasteiger partial charge in [-0.3, -0.25) is 4.79 Å².